The molecule has 0 radical (unpaired) electrons. The molecule has 1 atom stereocenters. The number of likely N-dealkylation sites (tertiary alicyclic amines) is 1. The monoisotopic (exact) mass is 309 g/mol. The highest BCUT2D eigenvalue weighted by molar-refractivity contribution is 6.33. The van der Waals surface area contributed by atoms with Gasteiger partial charge < -0.3 is 15.4 Å². The van der Waals surface area contributed by atoms with Crippen LogP contribution in [0.25, 0.3) is 0 Å². The molecule has 1 aromatic carbocycles. The maximum absolute atomic E-state index is 11.3. The van der Waals surface area contributed by atoms with Crippen LogP contribution < -0.4 is 15.4 Å². The number of carbonyl (C=O) groups excluding carboxylic acids is 1. The summed E-state index contributed by atoms with van der Waals surface area (Å²) in [5.41, 5.74) is 1.50. The summed E-state index contributed by atoms with van der Waals surface area (Å²) in [4.78, 5) is 13.7. The van der Waals surface area contributed by atoms with Crippen molar-refractivity contribution in [3.63, 3.8) is 0 Å². The predicted molar refractivity (Wildman–Crippen MR) is 84.3 cm³/mol. The van der Waals surface area contributed by atoms with Crippen LogP contribution in [-0.4, -0.2) is 42.6 Å². The minimum Gasteiger partial charge on any atom is -0.482 e. The van der Waals surface area contributed by atoms with Crippen LogP contribution in [0.2, 0.25) is 5.02 Å². The zero-order valence-electron chi connectivity index (χ0n) is 12.3. The van der Waals surface area contributed by atoms with Crippen LogP contribution in [0, 0.1) is 0 Å². The van der Waals surface area contributed by atoms with E-state index in [2.05, 4.69) is 29.4 Å². The second kappa shape index (κ2) is 5.73. The van der Waals surface area contributed by atoms with Gasteiger partial charge >= 0.3 is 0 Å². The summed E-state index contributed by atoms with van der Waals surface area (Å²) in [6, 6.07) is 4.57. The number of ether oxygens (including phenoxy) is 1. The Bertz CT molecular complexity index is 562. The van der Waals surface area contributed by atoms with Crippen molar-refractivity contribution < 1.29 is 9.53 Å². The number of amides is 1. The lowest BCUT2D eigenvalue weighted by atomic mass is 10.2. The standard InChI is InChI=1S/C15H20ClN3O2/c1-9(2)19-4-3-10(7-19)17-12-6-14-13(5-11(12)16)18-15(20)8-21-14/h5-6,9-10,17H,3-4,7-8H2,1-2H3,(H,18,20). The Balaban J connectivity index is 1.73. The Labute approximate surface area is 129 Å². The van der Waals surface area contributed by atoms with E-state index in [1.165, 1.54) is 0 Å². The Morgan fingerprint density at radius 2 is 2.29 bits per heavy atom. The van der Waals surface area contributed by atoms with Crippen LogP contribution in [0.1, 0.15) is 20.3 Å². The van der Waals surface area contributed by atoms with Crippen molar-refractivity contribution in [3.8, 4) is 5.75 Å². The van der Waals surface area contributed by atoms with Gasteiger partial charge in [-0.2, -0.15) is 0 Å². The molecule has 2 heterocycles. The fraction of sp³-hybridized carbons (Fsp3) is 0.533. The first-order valence-electron chi connectivity index (χ1n) is 7.29. The largest absolute Gasteiger partial charge is 0.482 e. The lowest BCUT2D eigenvalue weighted by Gasteiger charge is -2.23. The number of rotatable bonds is 3. The zero-order valence-corrected chi connectivity index (χ0v) is 13.0. The second-order valence-electron chi connectivity index (χ2n) is 5.88. The smallest absolute Gasteiger partial charge is 0.262 e. The summed E-state index contributed by atoms with van der Waals surface area (Å²) in [6.45, 7) is 6.60. The maximum atomic E-state index is 11.3. The fourth-order valence-electron chi connectivity index (χ4n) is 2.80. The number of anilines is 2. The van der Waals surface area contributed by atoms with Crippen LogP contribution in [0.3, 0.4) is 0 Å². The van der Waals surface area contributed by atoms with E-state index in [1.807, 2.05) is 6.07 Å². The highest BCUT2D eigenvalue weighted by Crippen LogP contribution is 2.37. The number of nitrogens with one attached hydrogen (secondary N) is 2. The number of hydrogen-bond acceptors (Lipinski definition) is 4. The summed E-state index contributed by atoms with van der Waals surface area (Å²) in [5, 5.41) is 6.85. The van der Waals surface area contributed by atoms with E-state index in [4.69, 9.17) is 16.3 Å². The summed E-state index contributed by atoms with van der Waals surface area (Å²) >= 11 is 6.30. The van der Waals surface area contributed by atoms with Gasteiger partial charge in [-0.25, -0.2) is 0 Å². The first-order valence-corrected chi connectivity index (χ1v) is 7.67. The summed E-state index contributed by atoms with van der Waals surface area (Å²) in [6.07, 6.45) is 1.10. The molecule has 3 rings (SSSR count). The summed E-state index contributed by atoms with van der Waals surface area (Å²) in [7, 11) is 0. The van der Waals surface area contributed by atoms with Crippen molar-refractivity contribution in [1.82, 2.24) is 4.90 Å². The third kappa shape index (κ3) is 3.09. The topological polar surface area (TPSA) is 53.6 Å². The van der Waals surface area contributed by atoms with E-state index in [9.17, 15) is 4.79 Å². The third-order valence-corrected chi connectivity index (χ3v) is 4.32. The molecular formula is C15H20ClN3O2. The summed E-state index contributed by atoms with van der Waals surface area (Å²) in [5.74, 6) is 0.517. The molecule has 1 aromatic rings. The van der Waals surface area contributed by atoms with Crippen molar-refractivity contribution in [2.75, 3.05) is 30.3 Å². The Morgan fingerprint density at radius 3 is 3.00 bits per heavy atom. The zero-order chi connectivity index (χ0) is 15.0. The number of hydrogen-bond donors (Lipinski definition) is 2. The molecule has 5 nitrogen and oxygen atoms in total. The van der Waals surface area contributed by atoms with E-state index in [1.54, 1.807) is 6.07 Å². The minimum absolute atomic E-state index is 0.0542. The lowest BCUT2D eigenvalue weighted by Crippen LogP contribution is -2.31. The molecule has 1 fully saturated rings. The number of nitrogens with zero attached hydrogens (tertiary/aromatic N) is 1. The average molecular weight is 310 g/mol. The van der Waals surface area contributed by atoms with Gasteiger partial charge in [-0.1, -0.05) is 11.6 Å². The number of halogens is 1. The van der Waals surface area contributed by atoms with Crippen molar-refractivity contribution in [2.24, 2.45) is 0 Å². The molecule has 0 aromatic heterocycles. The summed E-state index contributed by atoms with van der Waals surface area (Å²) < 4.78 is 5.43. The molecule has 1 amide bonds. The van der Waals surface area contributed by atoms with Gasteiger partial charge in [0, 0.05) is 31.2 Å². The molecule has 6 heteroatoms. The minimum atomic E-state index is -0.150. The molecule has 114 valence electrons. The van der Waals surface area contributed by atoms with Crippen LogP contribution in [0.4, 0.5) is 11.4 Å². The molecule has 21 heavy (non-hydrogen) atoms. The molecule has 0 saturated carbocycles. The maximum Gasteiger partial charge on any atom is 0.262 e. The van der Waals surface area contributed by atoms with Gasteiger partial charge in [-0.15, -0.1) is 0 Å². The highest BCUT2D eigenvalue weighted by atomic mass is 35.5. The van der Waals surface area contributed by atoms with Crippen LogP contribution in [0.5, 0.6) is 5.75 Å². The van der Waals surface area contributed by atoms with Gasteiger partial charge in [-0.05, 0) is 26.3 Å². The quantitative estimate of drug-likeness (QED) is 0.901. The number of fused-ring (bicyclic) bond motifs is 1. The van der Waals surface area contributed by atoms with E-state index in [0.717, 1.165) is 25.2 Å². The molecule has 2 aliphatic heterocycles. The van der Waals surface area contributed by atoms with Gasteiger partial charge in [0.05, 0.1) is 16.4 Å². The Hall–Kier alpha value is -1.46. The van der Waals surface area contributed by atoms with Crippen LogP contribution >= 0.6 is 11.6 Å². The molecule has 2 N–H and O–H groups in total. The normalized spacial score (nSPS) is 21.9. The predicted octanol–water partition coefficient (Wildman–Crippen LogP) is 2.57. The van der Waals surface area contributed by atoms with E-state index >= 15 is 0 Å². The van der Waals surface area contributed by atoms with Gasteiger partial charge in [0.25, 0.3) is 5.91 Å². The highest BCUT2D eigenvalue weighted by Gasteiger charge is 2.25. The first-order chi connectivity index (χ1) is 10.0. The molecule has 1 saturated heterocycles. The molecule has 0 spiro atoms. The van der Waals surface area contributed by atoms with E-state index in [0.29, 0.717) is 28.5 Å². The molecule has 0 bridgehead atoms. The van der Waals surface area contributed by atoms with Crippen molar-refractivity contribution in [2.45, 2.75) is 32.4 Å². The van der Waals surface area contributed by atoms with Crippen LogP contribution in [-0.2, 0) is 4.79 Å². The van der Waals surface area contributed by atoms with Gasteiger partial charge in [0.2, 0.25) is 0 Å². The number of benzene rings is 1. The second-order valence-corrected chi connectivity index (χ2v) is 6.29. The molecule has 2 aliphatic rings. The molecule has 1 unspecified atom stereocenters. The molecular weight excluding hydrogens is 290 g/mol. The average Bonchev–Trinajstić information content (AvgIpc) is 2.89. The van der Waals surface area contributed by atoms with Crippen molar-refractivity contribution in [3.05, 3.63) is 17.2 Å². The lowest BCUT2D eigenvalue weighted by molar-refractivity contribution is -0.118. The van der Waals surface area contributed by atoms with Crippen molar-refractivity contribution >= 4 is 28.9 Å². The van der Waals surface area contributed by atoms with Gasteiger partial charge in [0.15, 0.2) is 6.61 Å². The molecule has 0 aliphatic carbocycles. The van der Waals surface area contributed by atoms with E-state index in [-0.39, 0.29) is 12.5 Å². The fourth-order valence-corrected chi connectivity index (χ4v) is 3.02. The van der Waals surface area contributed by atoms with Gasteiger partial charge in [-0.3, -0.25) is 9.69 Å². The van der Waals surface area contributed by atoms with E-state index < -0.39 is 0 Å². The van der Waals surface area contributed by atoms with Gasteiger partial charge in [0.1, 0.15) is 5.75 Å². The SMILES string of the molecule is CC(C)N1CCC(Nc2cc3c(cc2Cl)NC(=O)CO3)C1. The Kier molecular flexibility index (Phi) is 3.95. The Morgan fingerprint density at radius 1 is 1.48 bits per heavy atom. The first kappa shape index (κ1) is 14.5. The third-order valence-electron chi connectivity index (χ3n) is 4.01. The van der Waals surface area contributed by atoms with Crippen molar-refractivity contribution in [1.29, 1.82) is 0 Å². The van der Waals surface area contributed by atoms with Crippen LogP contribution in [0.15, 0.2) is 12.1 Å². The number of carbonyl (C=O) groups is 1.